The van der Waals surface area contributed by atoms with Gasteiger partial charge in [0.2, 0.25) is 0 Å². The Kier molecular flexibility index (Phi) is 9.25. The zero-order chi connectivity index (χ0) is 21.8. The van der Waals surface area contributed by atoms with Crippen LogP contribution in [0.15, 0.2) is 84.9 Å². The molecule has 3 heteroatoms. The number of nitrogens with zero attached hydrogens (tertiary/aromatic N) is 2. The van der Waals surface area contributed by atoms with Crippen LogP contribution in [0.5, 0.6) is 0 Å². The normalized spacial score (nSPS) is 23.2. The van der Waals surface area contributed by atoms with Gasteiger partial charge in [0.25, 0.3) is 0 Å². The molecular weight excluding hydrogens is 456 g/mol. The van der Waals surface area contributed by atoms with Crippen molar-refractivity contribution in [2.45, 2.75) is 76.5 Å². The average Bonchev–Trinajstić information content (AvgIpc) is 3.37. The van der Waals surface area contributed by atoms with Crippen molar-refractivity contribution in [1.29, 1.82) is 0 Å². The summed E-state index contributed by atoms with van der Waals surface area (Å²) in [6.07, 6.45) is 0. The Labute approximate surface area is 208 Å². The summed E-state index contributed by atoms with van der Waals surface area (Å²) in [4.78, 5) is 0. The molecular formula is C28H36N2Zr. The molecule has 2 nitrogen and oxygen atoms in total. The topological polar surface area (TPSA) is 28.2 Å². The van der Waals surface area contributed by atoms with Crippen LogP contribution in [-0.2, 0) is 26.2 Å². The molecule has 0 heterocycles. The van der Waals surface area contributed by atoms with E-state index in [1.165, 1.54) is 11.1 Å². The van der Waals surface area contributed by atoms with Crippen LogP contribution in [0.1, 0.15) is 64.5 Å². The Morgan fingerprint density at radius 1 is 0.581 bits per heavy atom. The molecule has 4 atom stereocenters. The summed E-state index contributed by atoms with van der Waals surface area (Å²) >= 11 is 0. The van der Waals surface area contributed by atoms with Crippen molar-refractivity contribution >= 4 is 0 Å². The third-order valence-corrected chi connectivity index (χ3v) is 5.37. The van der Waals surface area contributed by atoms with E-state index in [4.69, 9.17) is 10.6 Å². The molecule has 0 N–H and O–H groups in total. The van der Waals surface area contributed by atoms with Crippen molar-refractivity contribution in [2.75, 3.05) is 0 Å². The molecule has 31 heavy (non-hydrogen) atoms. The van der Waals surface area contributed by atoms with Crippen molar-refractivity contribution < 1.29 is 26.2 Å². The summed E-state index contributed by atoms with van der Waals surface area (Å²) in [7, 11) is 0. The van der Waals surface area contributed by atoms with Gasteiger partial charge in [-0.25, -0.2) is 24.3 Å². The van der Waals surface area contributed by atoms with Crippen LogP contribution in [0, 0.1) is 0 Å². The molecule has 2 aliphatic rings. The van der Waals surface area contributed by atoms with Gasteiger partial charge in [-0.2, -0.15) is 36.4 Å². The van der Waals surface area contributed by atoms with Crippen LogP contribution in [0.3, 0.4) is 0 Å². The van der Waals surface area contributed by atoms with E-state index in [0.29, 0.717) is 23.9 Å². The Hall–Kier alpha value is -1.28. The van der Waals surface area contributed by atoms with Crippen molar-refractivity contribution in [2.24, 2.45) is 0 Å². The smallest absolute Gasteiger partial charge is 0.655 e. The number of hydrogen-bond acceptors (Lipinski definition) is 0. The molecule has 0 radical (unpaired) electrons. The first-order valence-electron chi connectivity index (χ1n) is 11.0. The zero-order valence-corrected chi connectivity index (χ0v) is 22.2. The second-order valence-electron chi connectivity index (χ2n) is 10.2. The van der Waals surface area contributed by atoms with Crippen molar-refractivity contribution in [3.8, 4) is 0 Å². The van der Waals surface area contributed by atoms with Gasteiger partial charge in [0.15, 0.2) is 0 Å². The van der Waals surface area contributed by atoms with Gasteiger partial charge in [-0.1, -0.05) is 65.8 Å². The molecule has 162 valence electrons. The fourth-order valence-corrected chi connectivity index (χ4v) is 4.33. The molecule has 5 rings (SSSR count). The van der Waals surface area contributed by atoms with E-state index in [2.05, 4.69) is 65.8 Å². The molecule has 0 aliphatic heterocycles. The second kappa shape index (κ2) is 11.0. The Morgan fingerprint density at radius 3 is 1.13 bits per heavy atom. The van der Waals surface area contributed by atoms with Gasteiger partial charge in [0.1, 0.15) is 0 Å². The van der Waals surface area contributed by atoms with Gasteiger partial charge in [-0.05, 0) is 23.0 Å². The maximum atomic E-state index is 5.07. The van der Waals surface area contributed by atoms with E-state index in [0.717, 1.165) is 0 Å². The molecule has 0 bridgehead atoms. The first kappa shape index (κ1) is 26.0. The maximum Gasteiger partial charge on any atom is 4.00 e. The molecule has 3 aromatic carbocycles. The Balaban J connectivity index is 0.000000254. The van der Waals surface area contributed by atoms with Crippen LogP contribution in [0.4, 0.5) is 0 Å². The largest absolute Gasteiger partial charge is 4.00 e. The number of benzene rings is 1. The van der Waals surface area contributed by atoms with E-state index in [-0.39, 0.29) is 37.3 Å². The number of fused-ring (bicyclic) bond motifs is 4. The van der Waals surface area contributed by atoms with Crippen molar-refractivity contribution in [3.63, 3.8) is 0 Å². The SMILES string of the molecule is CC(C)(C)[N-]C1C([N-]C(C)(C)C)C2c3ccccc3C12.[Zr+4].c1cc[cH-]c1.c1cc[cH-]c1. The van der Waals surface area contributed by atoms with Gasteiger partial charge in [0.05, 0.1) is 0 Å². The monoisotopic (exact) mass is 490 g/mol. The first-order valence-corrected chi connectivity index (χ1v) is 11.0. The Bertz CT molecular complexity index is 746. The van der Waals surface area contributed by atoms with E-state index in [1.807, 2.05) is 60.7 Å². The summed E-state index contributed by atoms with van der Waals surface area (Å²) in [5, 5.41) is 10.1. The fraction of sp³-hybridized carbons (Fsp3) is 0.429. The van der Waals surface area contributed by atoms with Crippen LogP contribution < -0.4 is 0 Å². The summed E-state index contributed by atoms with van der Waals surface area (Å²) in [5.41, 5.74) is 3.06. The fourth-order valence-electron chi connectivity index (χ4n) is 4.33. The number of hydrogen-bond donors (Lipinski definition) is 0. The first-order chi connectivity index (χ1) is 14.2. The van der Waals surface area contributed by atoms with Gasteiger partial charge in [-0.3, -0.25) is 0 Å². The van der Waals surface area contributed by atoms with E-state index in [9.17, 15) is 0 Å². The maximum absolute atomic E-state index is 5.07. The molecule has 4 unspecified atom stereocenters. The number of rotatable bonds is 2. The predicted molar refractivity (Wildman–Crippen MR) is 130 cm³/mol. The quantitative estimate of drug-likeness (QED) is 0.328. The third-order valence-electron chi connectivity index (χ3n) is 5.37. The van der Waals surface area contributed by atoms with E-state index >= 15 is 0 Å². The average molecular weight is 492 g/mol. The zero-order valence-electron chi connectivity index (χ0n) is 19.8. The third kappa shape index (κ3) is 7.11. The molecule has 1 saturated carbocycles. The minimum absolute atomic E-state index is 0. The van der Waals surface area contributed by atoms with Crippen LogP contribution in [0.25, 0.3) is 10.6 Å². The standard InChI is InChI=1S/C18H26N2.2C5H5.Zr/c1-17(2,3)19-15-13-11-9-7-8-10-12(11)14(13)16(15)20-18(4,5)6;2*1-2-4-5-3-1;/h7-10,13-16H,1-6H3;2*1-5H;/q-2;2*-1;+4. The molecule has 3 aromatic rings. The molecule has 0 spiro atoms. The second-order valence-corrected chi connectivity index (χ2v) is 10.2. The summed E-state index contributed by atoms with van der Waals surface area (Å²) in [6.45, 7) is 13.2. The van der Waals surface area contributed by atoms with Gasteiger partial charge >= 0.3 is 26.2 Å². The van der Waals surface area contributed by atoms with Crippen LogP contribution >= 0.6 is 0 Å². The van der Waals surface area contributed by atoms with E-state index < -0.39 is 0 Å². The van der Waals surface area contributed by atoms with Crippen LogP contribution in [0.2, 0.25) is 0 Å². The van der Waals surface area contributed by atoms with Gasteiger partial charge in [0, 0.05) is 0 Å². The minimum atomic E-state index is 0. The van der Waals surface area contributed by atoms with Gasteiger partial charge in [-0.15, -0.1) is 23.2 Å². The minimum Gasteiger partial charge on any atom is -0.655 e. The van der Waals surface area contributed by atoms with Crippen molar-refractivity contribution in [3.05, 3.63) is 107 Å². The predicted octanol–water partition coefficient (Wildman–Crippen LogP) is 7.77. The van der Waals surface area contributed by atoms with Crippen LogP contribution in [-0.4, -0.2) is 23.2 Å². The van der Waals surface area contributed by atoms with E-state index in [1.54, 1.807) is 0 Å². The molecule has 0 amide bonds. The van der Waals surface area contributed by atoms with Gasteiger partial charge < -0.3 is 10.6 Å². The Morgan fingerprint density at radius 2 is 0.903 bits per heavy atom. The summed E-state index contributed by atoms with van der Waals surface area (Å²) in [6, 6.07) is 29.6. The molecule has 2 aliphatic carbocycles. The summed E-state index contributed by atoms with van der Waals surface area (Å²) < 4.78 is 0. The van der Waals surface area contributed by atoms with Crippen molar-refractivity contribution in [1.82, 2.24) is 0 Å². The summed E-state index contributed by atoms with van der Waals surface area (Å²) in [5.74, 6) is 1.23. The molecule has 0 saturated heterocycles. The molecule has 0 aromatic heterocycles. The molecule has 1 fully saturated rings.